The molecule has 0 unspecified atom stereocenters. The molecular formula is C14H25ClN4O2S. The minimum absolute atomic E-state index is 0.0448. The zero-order chi connectivity index (χ0) is 17.0. The highest BCUT2D eigenvalue weighted by molar-refractivity contribution is 7.97. The molecule has 0 aliphatic carbocycles. The highest BCUT2D eigenvalue weighted by Crippen LogP contribution is 2.15. The minimum atomic E-state index is -0.506. The Hall–Kier alpha value is -1.02. The van der Waals surface area contributed by atoms with Crippen molar-refractivity contribution in [2.45, 2.75) is 13.8 Å². The minimum Gasteiger partial charge on any atom is -0.375 e. The van der Waals surface area contributed by atoms with Crippen LogP contribution in [0.3, 0.4) is 0 Å². The zero-order valence-electron chi connectivity index (χ0n) is 13.2. The molecule has 0 amide bonds. The summed E-state index contributed by atoms with van der Waals surface area (Å²) in [4.78, 5) is 12.4. The topological polar surface area (TPSA) is 75.6 Å². The van der Waals surface area contributed by atoms with Crippen molar-refractivity contribution in [3.63, 3.8) is 0 Å². The number of hydrogen-bond donors (Lipinski definition) is 1. The van der Waals surface area contributed by atoms with Gasteiger partial charge in [-0.3, -0.25) is 10.1 Å². The van der Waals surface area contributed by atoms with Crippen LogP contribution in [0.25, 0.3) is 0 Å². The van der Waals surface area contributed by atoms with Crippen LogP contribution in [-0.4, -0.2) is 52.6 Å². The van der Waals surface area contributed by atoms with Gasteiger partial charge >= 0.3 is 0 Å². The molecule has 126 valence electrons. The molecule has 0 atom stereocenters. The van der Waals surface area contributed by atoms with Crippen LogP contribution < -0.4 is 5.73 Å². The maximum atomic E-state index is 10.9. The van der Waals surface area contributed by atoms with Crippen LogP contribution in [0.5, 0.6) is 0 Å². The van der Waals surface area contributed by atoms with E-state index in [1.54, 1.807) is 18.1 Å². The van der Waals surface area contributed by atoms with Crippen molar-refractivity contribution in [1.29, 1.82) is 0 Å². The third-order valence-electron chi connectivity index (χ3n) is 2.73. The number of hydrogen-bond acceptors (Lipinski definition) is 6. The molecule has 22 heavy (non-hydrogen) atoms. The first-order valence-corrected chi connectivity index (χ1v) is 8.57. The quantitative estimate of drug-likeness (QED) is 0.330. The lowest BCUT2D eigenvalue weighted by atomic mass is 10.3. The Bertz CT molecular complexity index is 408. The van der Waals surface area contributed by atoms with Crippen molar-refractivity contribution in [2.75, 3.05) is 38.5 Å². The predicted molar refractivity (Wildman–Crippen MR) is 95.2 cm³/mol. The Kier molecular flexibility index (Phi) is 11.9. The van der Waals surface area contributed by atoms with E-state index < -0.39 is 4.92 Å². The Balaban J connectivity index is 0.00000211. The highest BCUT2D eigenvalue weighted by atomic mass is 35.5. The van der Waals surface area contributed by atoms with Crippen LogP contribution in [0.1, 0.15) is 13.8 Å². The molecule has 2 N–H and O–H groups in total. The van der Waals surface area contributed by atoms with Crippen molar-refractivity contribution in [3.05, 3.63) is 45.8 Å². The Labute approximate surface area is 141 Å². The van der Waals surface area contributed by atoms with Crippen LogP contribution >= 0.6 is 23.5 Å². The maximum Gasteiger partial charge on any atom is 0.289 e. The van der Waals surface area contributed by atoms with Crippen molar-refractivity contribution in [3.8, 4) is 0 Å². The van der Waals surface area contributed by atoms with Gasteiger partial charge in [-0.15, -0.1) is 0 Å². The largest absolute Gasteiger partial charge is 0.375 e. The molecule has 0 aromatic rings. The summed E-state index contributed by atoms with van der Waals surface area (Å²) in [5.41, 5.74) is 5.33. The molecule has 6 nitrogen and oxygen atoms in total. The Morgan fingerprint density at radius 2 is 2.00 bits per heavy atom. The molecule has 0 aromatic carbocycles. The third-order valence-corrected chi connectivity index (χ3v) is 4.23. The molecule has 1 heterocycles. The van der Waals surface area contributed by atoms with Gasteiger partial charge in [0.1, 0.15) is 5.03 Å². The van der Waals surface area contributed by atoms with Gasteiger partial charge in [-0.2, -0.15) is 0 Å². The number of nitrogens with two attached hydrogens (primary N) is 1. The smallest absolute Gasteiger partial charge is 0.289 e. The van der Waals surface area contributed by atoms with Crippen LogP contribution in [0, 0.1) is 10.1 Å². The van der Waals surface area contributed by atoms with E-state index in [-0.39, 0.29) is 10.7 Å². The average molecular weight is 349 g/mol. The van der Waals surface area contributed by atoms with Gasteiger partial charge in [0.25, 0.3) is 5.70 Å². The maximum absolute atomic E-state index is 10.9. The average Bonchev–Trinajstić information content (AvgIpc) is 2.55. The fraction of sp³-hybridized carbons (Fsp3) is 0.571. The number of halogens is 1. The summed E-state index contributed by atoms with van der Waals surface area (Å²) in [6.07, 6.45) is 4.41. The molecule has 1 fully saturated rings. The number of allylic oxidation sites excluding steroid dienone is 3. The molecule has 8 heteroatoms. The molecule has 1 rings (SSSR count). The summed E-state index contributed by atoms with van der Waals surface area (Å²) in [5, 5.41) is 10.9. The summed E-state index contributed by atoms with van der Waals surface area (Å²) in [5.74, 6) is 0.916. The highest BCUT2D eigenvalue weighted by Gasteiger charge is 2.16. The van der Waals surface area contributed by atoms with Gasteiger partial charge in [-0.1, -0.05) is 44.0 Å². The second-order valence-corrected chi connectivity index (χ2v) is 5.69. The van der Waals surface area contributed by atoms with Gasteiger partial charge in [-0.05, 0) is 6.08 Å². The van der Waals surface area contributed by atoms with Crippen molar-refractivity contribution in [2.24, 2.45) is 5.73 Å². The van der Waals surface area contributed by atoms with Gasteiger partial charge < -0.3 is 10.6 Å². The van der Waals surface area contributed by atoms with Crippen LogP contribution in [-0.2, 0) is 0 Å². The van der Waals surface area contributed by atoms with E-state index >= 15 is 0 Å². The van der Waals surface area contributed by atoms with Gasteiger partial charge in [0.2, 0.25) is 0 Å². The normalized spacial score (nSPS) is 16.8. The lowest BCUT2D eigenvalue weighted by Gasteiger charge is -2.33. The summed E-state index contributed by atoms with van der Waals surface area (Å²) in [6.45, 7) is 11.6. The summed E-state index contributed by atoms with van der Waals surface area (Å²) in [6, 6.07) is 0. The van der Waals surface area contributed by atoms with E-state index in [4.69, 9.17) is 17.3 Å². The molecule has 0 saturated carbocycles. The van der Waals surface area contributed by atoms with Crippen LogP contribution in [0.15, 0.2) is 35.7 Å². The second-order valence-electron chi connectivity index (χ2n) is 4.10. The van der Waals surface area contributed by atoms with Crippen molar-refractivity contribution >= 4 is 23.5 Å². The standard InChI is InChI=1S/C12H19ClN4O2S.C2H6/c1-2-11(13)12(17(18)19)3-5-15-6-8-16(9-7-15)20-10-4-14;1-2/h2-3,5H,1,4,6-10,14H2;1-2H3/b5-3+,12-11-;. The summed E-state index contributed by atoms with van der Waals surface area (Å²) >= 11 is 7.49. The Morgan fingerprint density at radius 3 is 2.45 bits per heavy atom. The number of nitro groups is 1. The number of rotatable bonds is 7. The van der Waals surface area contributed by atoms with Gasteiger partial charge in [0.15, 0.2) is 0 Å². The first-order valence-electron chi connectivity index (χ1n) is 7.25. The van der Waals surface area contributed by atoms with Gasteiger partial charge in [0, 0.05) is 50.8 Å². The molecule has 0 bridgehead atoms. The summed E-state index contributed by atoms with van der Waals surface area (Å²) < 4.78 is 2.26. The second kappa shape index (κ2) is 12.5. The molecular weight excluding hydrogens is 324 g/mol. The van der Waals surface area contributed by atoms with Crippen molar-refractivity contribution in [1.82, 2.24) is 9.21 Å². The molecule has 1 saturated heterocycles. The van der Waals surface area contributed by atoms with E-state index in [1.807, 2.05) is 18.7 Å². The number of nitrogens with zero attached hydrogens (tertiary/aromatic N) is 3. The first kappa shape index (κ1) is 21.0. The van der Waals surface area contributed by atoms with Crippen LogP contribution in [0.2, 0.25) is 0 Å². The first-order chi connectivity index (χ1) is 10.6. The van der Waals surface area contributed by atoms with Gasteiger partial charge in [-0.25, -0.2) is 4.31 Å². The van der Waals surface area contributed by atoms with E-state index in [0.29, 0.717) is 6.54 Å². The Morgan fingerprint density at radius 1 is 1.41 bits per heavy atom. The van der Waals surface area contributed by atoms with E-state index in [9.17, 15) is 10.1 Å². The fourth-order valence-electron chi connectivity index (χ4n) is 1.67. The van der Waals surface area contributed by atoms with E-state index in [1.165, 1.54) is 12.2 Å². The monoisotopic (exact) mass is 348 g/mol. The molecule has 1 aliphatic heterocycles. The SMILES string of the molecule is C=C/C(Cl)=C(\C=C\N1CCN(SCCN)CC1)[N+](=O)[O-].CC. The lowest BCUT2D eigenvalue weighted by Crippen LogP contribution is -2.41. The van der Waals surface area contributed by atoms with E-state index in [2.05, 4.69) is 10.9 Å². The fourth-order valence-corrected chi connectivity index (χ4v) is 2.59. The predicted octanol–water partition coefficient (Wildman–Crippen LogP) is 2.66. The molecule has 1 aliphatic rings. The molecule has 0 spiro atoms. The number of piperazine rings is 1. The van der Waals surface area contributed by atoms with E-state index in [0.717, 1.165) is 31.9 Å². The lowest BCUT2D eigenvalue weighted by molar-refractivity contribution is -0.419. The van der Waals surface area contributed by atoms with Crippen LogP contribution in [0.4, 0.5) is 0 Å². The van der Waals surface area contributed by atoms with Crippen molar-refractivity contribution < 1.29 is 4.92 Å². The third kappa shape index (κ3) is 7.84. The zero-order valence-corrected chi connectivity index (χ0v) is 14.8. The molecule has 0 radical (unpaired) electrons. The molecule has 0 aromatic heterocycles. The van der Waals surface area contributed by atoms with Gasteiger partial charge in [0.05, 0.1) is 4.92 Å². The summed E-state index contributed by atoms with van der Waals surface area (Å²) in [7, 11) is 0.